The summed E-state index contributed by atoms with van der Waals surface area (Å²) in [6.45, 7) is 2.08. The molecule has 0 atom stereocenters. The minimum Gasteiger partial charge on any atom is -0.461 e. The molecule has 0 saturated heterocycles. The third kappa shape index (κ3) is 1.81. The number of hydrogen-bond acceptors (Lipinski definition) is 3. The summed E-state index contributed by atoms with van der Waals surface area (Å²) < 4.78 is 7.25. The Kier molecular flexibility index (Phi) is 3.16. The van der Waals surface area contributed by atoms with Crippen molar-refractivity contribution in [1.29, 1.82) is 0 Å². The van der Waals surface area contributed by atoms with E-state index in [2.05, 4.69) is 20.9 Å². The van der Waals surface area contributed by atoms with Crippen LogP contribution in [0.3, 0.4) is 0 Å². The van der Waals surface area contributed by atoms with Crippen LogP contribution in [0.2, 0.25) is 5.02 Å². The molecule has 2 aromatic rings. The molecule has 2 aromatic heterocycles. The number of rotatable bonds is 2. The summed E-state index contributed by atoms with van der Waals surface area (Å²) in [5.41, 5.74) is 0.894. The Hall–Kier alpha value is -1.07. The molecule has 0 unspecified atom stereocenters. The van der Waals surface area contributed by atoms with Gasteiger partial charge in [0.15, 0.2) is 11.3 Å². The standard InChI is InChI=1S/C10H8BrClN2O2/c1-2-16-10(15)7-5-13-9-8(12)6(11)3-4-14(7)9/h3-5H,2H2,1H3. The number of imidazole rings is 1. The number of hydrogen-bond donors (Lipinski definition) is 0. The smallest absolute Gasteiger partial charge is 0.356 e. The molecule has 0 N–H and O–H groups in total. The zero-order chi connectivity index (χ0) is 11.7. The summed E-state index contributed by atoms with van der Waals surface area (Å²) in [6.07, 6.45) is 3.16. The van der Waals surface area contributed by atoms with Crippen LogP contribution in [-0.4, -0.2) is 22.0 Å². The minimum absolute atomic E-state index is 0.330. The molecule has 2 rings (SSSR count). The molecule has 4 nitrogen and oxygen atoms in total. The number of nitrogens with zero attached hydrogens (tertiary/aromatic N) is 2. The molecule has 6 heteroatoms. The molecule has 16 heavy (non-hydrogen) atoms. The van der Waals surface area contributed by atoms with Crippen molar-refractivity contribution in [3.8, 4) is 0 Å². The second kappa shape index (κ2) is 4.43. The first-order chi connectivity index (χ1) is 7.65. The lowest BCUT2D eigenvalue weighted by molar-refractivity contribution is 0.0518. The quantitative estimate of drug-likeness (QED) is 0.801. The first-order valence-electron chi connectivity index (χ1n) is 4.63. The van der Waals surface area contributed by atoms with Crippen molar-refractivity contribution < 1.29 is 9.53 Å². The summed E-state index contributed by atoms with van der Waals surface area (Å²) in [7, 11) is 0. The average molecular weight is 304 g/mol. The molecule has 0 radical (unpaired) electrons. The van der Waals surface area contributed by atoms with Crippen LogP contribution < -0.4 is 0 Å². The van der Waals surface area contributed by atoms with Crippen LogP contribution in [0.25, 0.3) is 5.65 Å². The van der Waals surface area contributed by atoms with Crippen LogP contribution in [0, 0.1) is 0 Å². The number of esters is 1. The van der Waals surface area contributed by atoms with Crippen molar-refractivity contribution in [3.05, 3.63) is 33.6 Å². The molecule has 0 spiro atoms. The second-order valence-corrected chi connectivity index (χ2v) is 4.27. The van der Waals surface area contributed by atoms with Crippen LogP contribution in [0.4, 0.5) is 0 Å². The lowest BCUT2D eigenvalue weighted by Crippen LogP contribution is -2.07. The predicted molar refractivity (Wildman–Crippen MR) is 63.9 cm³/mol. The van der Waals surface area contributed by atoms with Gasteiger partial charge in [0.1, 0.15) is 0 Å². The number of carbonyl (C=O) groups excluding carboxylic acids is 1. The number of carbonyl (C=O) groups is 1. The number of aromatic nitrogens is 2. The van der Waals surface area contributed by atoms with Crippen molar-refractivity contribution in [2.45, 2.75) is 6.92 Å². The van der Waals surface area contributed by atoms with E-state index >= 15 is 0 Å². The van der Waals surface area contributed by atoms with E-state index in [1.165, 1.54) is 6.20 Å². The summed E-state index contributed by atoms with van der Waals surface area (Å²) in [5.74, 6) is -0.409. The summed E-state index contributed by atoms with van der Waals surface area (Å²) in [4.78, 5) is 15.7. The van der Waals surface area contributed by atoms with Gasteiger partial charge in [-0.2, -0.15) is 0 Å². The number of halogens is 2. The maximum atomic E-state index is 11.6. The third-order valence-electron chi connectivity index (χ3n) is 2.06. The van der Waals surface area contributed by atoms with Gasteiger partial charge in [-0.15, -0.1) is 0 Å². The Balaban J connectivity index is 2.58. The van der Waals surface area contributed by atoms with E-state index < -0.39 is 5.97 Å². The highest BCUT2D eigenvalue weighted by Gasteiger charge is 2.15. The number of ether oxygens (including phenoxy) is 1. The molecule has 0 aliphatic carbocycles. The molecular formula is C10H8BrClN2O2. The first kappa shape index (κ1) is 11.4. The van der Waals surface area contributed by atoms with Crippen LogP contribution in [0.5, 0.6) is 0 Å². The molecule has 0 saturated carbocycles. The van der Waals surface area contributed by atoms with Gasteiger partial charge in [-0.1, -0.05) is 11.6 Å². The fourth-order valence-corrected chi connectivity index (χ4v) is 1.85. The van der Waals surface area contributed by atoms with Crippen molar-refractivity contribution >= 4 is 39.1 Å². The van der Waals surface area contributed by atoms with Crippen molar-refractivity contribution in [2.24, 2.45) is 0 Å². The fourth-order valence-electron chi connectivity index (χ4n) is 1.35. The maximum absolute atomic E-state index is 11.6. The molecule has 0 fully saturated rings. The van der Waals surface area contributed by atoms with Crippen LogP contribution in [-0.2, 0) is 4.74 Å². The summed E-state index contributed by atoms with van der Waals surface area (Å²) in [5, 5.41) is 0.470. The van der Waals surface area contributed by atoms with E-state index in [0.29, 0.717) is 23.0 Å². The fraction of sp³-hybridized carbons (Fsp3) is 0.200. The van der Waals surface area contributed by atoms with Gasteiger partial charge in [0.05, 0.1) is 17.8 Å². The number of pyridine rings is 1. The van der Waals surface area contributed by atoms with Crippen LogP contribution in [0.1, 0.15) is 17.4 Å². The van der Waals surface area contributed by atoms with Gasteiger partial charge in [0, 0.05) is 10.7 Å². The second-order valence-electron chi connectivity index (χ2n) is 3.04. The van der Waals surface area contributed by atoms with Crippen molar-refractivity contribution in [3.63, 3.8) is 0 Å². The molecule has 0 aliphatic heterocycles. The van der Waals surface area contributed by atoms with Crippen LogP contribution >= 0.6 is 27.5 Å². The minimum atomic E-state index is -0.409. The van der Waals surface area contributed by atoms with E-state index in [1.807, 2.05) is 0 Å². The van der Waals surface area contributed by atoms with E-state index in [4.69, 9.17) is 16.3 Å². The highest BCUT2D eigenvalue weighted by Crippen LogP contribution is 2.26. The van der Waals surface area contributed by atoms with Crippen LogP contribution in [0.15, 0.2) is 22.9 Å². The van der Waals surface area contributed by atoms with Gasteiger partial charge < -0.3 is 4.74 Å². The van der Waals surface area contributed by atoms with Gasteiger partial charge >= 0.3 is 5.97 Å². The zero-order valence-electron chi connectivity index (χ0n) is 8.41. The topological polar surface area (TPSA) is 43.6 Å². The molecule has 0 bridgehead atoms. The Morgan fingerprint density at radius 1 is 1.69 bits per heavy atom. The normalized spacial score (nSPS) is 10.7. The Morgan fingerprint density at radius 3 is 3.12 bits per heavy atom. The molecule has 0 aliphatic rings. The SMILES string of the molecule is CCOC(=O)c1cnc2c(Cl)c(Br)ccn12. The summed E-state index contributed by atoms with van der Waals surface area (Å²) in [6, 6.07) is 1.75. The van der Waals surface area contributed by atoms with Gasteiger partial charge in [0.25, 0.3) is 0 Å². The van der Waals surface area contributed by atoms with E-state index in [0.717, 1.165) is 4.47 Å². The average Bonchev–Trinajstić information content (AvgIpc) is 2.68. The zero-order valence-corrected chi connectivity index (χ0v) is 10.7. The van der Waals surface area contributed by atoms with Gasteiger partial charge in [-0.25, -0.2) is 9.78 Å². The maximum Gasteiger partial charge on any atom is 0.356 e. The first-order valence-corrected chi connectivity index (χ1v) is 5.80. The molecular weight excluding hydrogens is 295 g/mol. The predicted octanol–water partition coefficient (Wildman–Crippen LogP) is 2.93. The van der Waals surface area contributed by atoms with Gasteiger partial charge in [-0.05, 0) is 28.9 Å². The molecule has 0 amide bonds. The molecule has 2 heterocycles. The Labute approximate surface area is 105 Å². The number of fused-ring (bicyclic) bond motifs is 1. The van der Waals surface area contributed by atoms with Crippen molar-refractivity contribution in [1.82, 2.24) is 9.38 Å². The van der Waals surface area contributed by atoms with Gasteiger partial charge in [-0.3, -0.25) is 4.40 Å². The van der Waals surface area contributed by atoms with Gasteiger partial charge in [0.2, 0.25) is 0 Å². The molecule has 0 aromatic carbocycles. The summed E-state index contributed by atoms with van der Waals surface area (Å²) >= 11 is 9.33. The van der Waals surface area contributed by atoms with E-state index in [1.54, 1.807) is 23.6 Å². The highest BCUT2D eigenvalue weighted by molar-refractivity contribution is 9.10. The molecule has 84 valence electrons. The third-order valence-corrected chi connectivity index (χ3v) is 3.32. The largest absolute Gasteiger partial charge is 0.461 e. The Morgan fingerprint density at radius 2 is 2.44 bits per heavy atom. The monoisotopic (exact) mass is 302 g/mol. The Bertz CT molecular complexity index is 553. The lowest BCUT2D eigenvalue weighted by atomic mass is 10.4. The lowest BCUT2D eigenvalue weighted by Gasteiger charge is -2.03. The van der Waals surface area contributed by atoms with E-state index in [9.17, 15) is 4.79 Å². The van der Waals surface area contributed by atoms with Crippen molar-refractivity contribution in [2.75, 3.05) is 6.61 Å². The van der Waals surface area contributed by atoms with E-state index in [-0.39, 0.29) is 0 Å². The highest BCUT2D eigenvalue weighted by atomic mass is 79.9.